The molecule has 2 bridgehead atoms. The number of benzene rings is 1. The Bertz CT molecular complexity index is 523. The first-order valence-electron chi connectivity index (χ1n) is 7.21. The van der Waals surface area contributed by atoms with Crippen molar-refractivity contribution in [3.05, 3.63) is 24.3 Å². The highest BCUT2D eigenvalue weighted by Crippen LogP contribution is 2.41. The Morgan fingerprint density at radius 1 is 1.35 bits per heavy atom. The van der Waals surface area contributed by atoms with E-state index in [1.165, 1.54) is 12.8 Å². The average molecular weight is 271 g/mol. The van der Waals surface area contributed by atoms with Gasteiger partial charge in [-0.1, -0.05) is 6.07 Å². The highest BCUT2D eigenvalue weighted by Gasteiger charge is 2.47. The van der Waals surface area contributed by atoms with E-state index in [9.17, 15) is 5.26 Å². The monoisotopic (exact) mass is 271 g/mol. The normalized spacial score (nSPS) is 32.6. The van der Waals surface area contributed by atoms with Crippen LogP contribution in [0.3, 0.4) is 0 Å². The molecule has 1 aromatic carbocycles. The van der Waals surface area contributed by atoms with Crippen LogP contribution in [0.5, 0.6) is 5.75 Å². The SMILES string of the molecule is COc1cccc(NC2(C#N)CC3CCC(C2)N3C)c1. The molecule has 2 heterocycles. The first kappa shape index (κ1) is 13.3. The molecule has 2 atom stereocenters. The lowest BCUT2D eigenvalue weighted by molar-refractivity contribution is 0.146. The molecule has 0 spiro atoms. The summed E-state index contributed by atoms with van der Waals surface area (Å²) in [5.74, 6) is 0.819. The van der Waals surface area contributed by atoms with Gasteiger partial charge in [-0.3, -0.25) is 0 Å². The predicted octanol–water partition coefficient (Wildman–Crippen LogP) is 2.63. The molecule has 3 rings (SSSR count). The third-order valence-electron chi connectivity index (χ3n) is 4.82. The highest BCUT2D eigenvalue weighted by molar-refractivity contribution is 5.52. The van der Waals surface area contributed by atoms with Crippen molar-refractivity contribution in [3.8, 4) is 11.8 Å². The van der Waals surface area contributed by atoms with Crippen molar-refractivity contribution in [1.82, 2.24) is 4.90 Å². The number of nitrogens with one attached hydrogen (secondary N) is 1. The molecule has 0 amide bonds. The minimum atomic E-state index is -0.440. The molecule has 2 unspecified atom stereocenters. The fourth-order valence-electron chi connectivity index (χ4n) is 3.67. The molecule has 1 N–H and O–H groups in total. The number of nitriles is 1. The summed E-state index contributed by atoms with van der Waals surface area (Å²) >= 11 is 0. The van der Waals surface area contributed by atoms with E-state index in [0.29, 0.717) is 12.1 Å². The quantitative estimate of drug-likeness (QED) is 0.918. The molecule has 1 aromatic rings. The Morgan fingerprint density at radius 3 is 2.65 bits per heavy atom. The lowest BCUT2D eigenvalue weighted by Crippen LogP contribution is -2.52. The Kier molecular flexibility index (Phi) is 3.31. The largest absolute Gasteiger partial charge is 0.497 e. The highest BCUT2D eigenvalue weighted by atomic mass is 16.5. The van der Waals surface area contributed by atoms with Crippen molar-refractivity contribution in [2.24, 2.45) is 0 Å². The van der Waals surface area contributed by atoms with E-state index in [1.807, 2.05) is 24.3 Å². The summed E-state index contributed by atoms with van der Waals surface area (Å²) in [6, 6.07) is 11.4. The van der Waals surface area contributed by atoms with Gasteiger partial charge in [0.05, 0.1) is 13.2 Å². The first-order chi connectivity index (χ1) is 9.65. The van der Waals surface area contributed by atoms with E-state index in [1.54, 1.807) is 7.11 Å². The molecular weight excluding hydrogens is 250 g/mol. The van der Waals surface area contributed by atoms with Gasteiger partial charge in [-0.15, -0.1) is 0 Å². The van der Waals surface area contributed by atoms with Crippen LogP contribution in [0.25, 0.3) is 0 Å². The van der Waals surface area contributed by atoms with Gasteiger partial charge in [-0.05, 0) is 44.9 Å². The van der Waals surface area contributed by atoms with Gasteiger partial charge in [-0.25, -0.2) is 0 Å². The van der Waals surface area contributed by atoms with Crippen molar-refractivity contribution in [3.63, 3.8) is 0 Å². The molecule has 4 heteroatoms. The number of hydrogen-bond donors (Lipinski definition) is 1. The molecule has 20 heavy (non-hydrogen) atoms. The second-order valence-electron chi connectivity index (χ2n) is 6.01. The van der Waals surface area contributed by atoms with Crippen molar-refractivity contribution < 1.29 is 4.74 Å². The van der Waals surface area contributed by atoms with Gasteiger partial charge < -0.3 is 15.0 Å². The topological polar surface area (TPSA) is 48.3 Å². The van der Waals surface area contributed by atoms with Gasteiger partial charge >= 0.3 is 0 Å². The molecule has 2 saturated heterocycles. The van der Waals surface area contributed by atoms with E-state index in [0.717, 1.165) is 24.3 Å². The van der Waals surface area contributed by atoms with E-state index in [2.05, 4.69) is 23.3 Å². The van der Waals surface area contributed by atoms with E-state index in [4.69, 9.17) is 4.74 Å². The number of methoxy groups -OCH3 is 1. The lowest BCUT2D eigenvalue weighted by atomic mass is 9.84. The van der Waals surface area contributed by atoms with Crippen LogP contribution in [-0.2, 0) is 0 Å². The van der Waals surface area contributed by atoms with Crippen LogP contribution in [0.15, 0.2) is 24.3 Å². The molecule has 0 aromatic heterocycles. The number of rotatable bonds is 3. The van der Waals surface area contributed by atoms with Crippen molar-refractivity contribution in [2.45, 2.75) is 43.3 Å². The number of piperidine rings is 1. The molecule has 0 saturated carbocycles. The van der Waals surface area contributed by atoms with Crippen LogP contribution in [0.2, 0.25) is 0 Å². The third kappa shape index (κ3) is 2.23. The number of hydrogen-bond acceptors (Lipinski definition) is 4. The average Bonchev–Trinajstić information content (AvgIpc) is 2.70. The molecule has 4 nitrogen and oxygen atoms in total. The number of nitrogens with zero attached hydrogens (tertiary/aromatic N) is 2. The molecule has 2 aliphatic heterocycles. The van der Waals surface area contributed by atoms with Crippen LogP contribution in [0.4, 0.5) is 5.69 Å². The minimum Gasteiger partial charge on any atom is -0.497 e. The van der Waals surface area contributed by atoms with Crippen LogP contribution in [0.1, 0.15) is 25.7 Å². The molecule has 2 aliphatic rings. The fourth-order valence-corrected chi connectivity index (χ4v) is 3.67. The fraction of sp³-hybridized carbons (Fsp3) is 0.562. The van der Waals surface area contributed by atoms with Crippen LogP contribution < -0.4 is 10.1 Å². The van der Waals surface area contributed by atoms with Gasteiger partial charge in [0.15, 0.2) is 0 Å². The number of anilines is 1. The summed E-state index contributed by atoms with van der Waals surface area (Å²) in [5, 5.41) is 13.2. The zero-order valence-corrected chi connectivity index (χ0v) is 12.1. The van der Waals surface area contributed by atoms with Crippen molar-refractivity contribution in [1.29, 1.82) is 5.26 Å². The van der Waals surface area contributed by atoms with E-state index in [-0.39, 0.29) is 0 Å². The predicted molar refractivity (Wildman–Crippen MR) is 78.8 cm³/mol. The summed E-state index contributed by atoms with van der Waals surface area (Å²) in [6.07, 6.45) is 4.22. The zero-order chi connectivity index (χ0) is 14.2. The van der Waals surface area contributed by atoms with Gasteiger partial charge in [0.2, 0.25) is 0 Å². The molecule has 106 valence electrons. The van der Waals surface area contributed by atoms with Crippen LogP contribution >= 0.6 is 0 Å². The smallest absolute Gasteiger partial charge is 0.128 e. The summed E-state index contributed by atoms with van der Waals surface area (Å²) in [6.45, 7) is 0. The Labute approximate surface area is 120 Å². The lowest BCUT2D eigenvalue weighted by Gasteiger charge is -2.42. The molecular formula is C16H21N3O. The maximum atomic E-state index is 9.72. The van der Waals surface area contributed by atoms with E-state index < -0.39 is 5.54 Å². The Hall–Kier alpha value is -1.73. The standard InChI is InChI=1S/C16H21N3O/c1-19-13-6-7-14(19)10-16(9-13,11-17)18-12-4-3-5-15(8-12)20-2/h3-5,8,13-14,18H,6-7,9-10H2,1-2H3. The number of ether oxygens (including phenoxy) is 1. The maximum Gasteiger partial charge on any atom is 0.128 e. The summed E-state index contributed by atoms with van der Waals surface area (Å²) in [4.78, 5) is 2.45. The maximum absolute atomic E-state index is 9.72. The van der Waals surface area contributed by atoms with Crippen molar-refractivity contribution >= 4 is 5.69 Å². The Morgan fingerprint density at radius 2 is 2.05 bits per heavy atom. The minimum absolute atomic E-state index is 0.440. The van der Waals surface area contributed by atoms with E-state index >= 15 is 0 Å². The van der Waals surface area contributed by atoms with Gasteiger partial charge in [0.25, 0.3) is 0 Å². The zero-order valence-electron chi connectivity index (χ0n) is 12.1. The Balaban J connectivity index is 1.82. The van der Waals surface area contributed by atoms with Crippen molar-refractivity contribution in [2.75, 3.05) is 19.5 Å². The molecule has 0 aliphatic carbocycles. The van der Waals surface area contributed by atoms with Gasteiger partial charge in [0, 0.05) is 23.8 Å². The summed E-state index contributed by atoms with van der Waals surface area (Å²) in [7, 11) is 3.85. The molecule has 0 radical (unpaired) electrons. The van der Waals surface area contributed by atoms with Crippen LogP contribution in [0, 0.1) is 11.3 Å². The second-order valence-corrected chi connectivity index (χ2v) is 6.01. The summed E-state index contributed by atoms with van der Waals surface area (Å²) in [5.41, 5.74) is 0.528. The van der Waals surface area contributed by atoms with Gasteiger partial charge in [-0.2, -0.15) is 5.26 Å². The number of fused-ring (bicyclic) bond motifs is 2. The van der Waals surface area contributed by atoms with Crippen LogP contribution in [-0.4, -0.2) is 36.7 Å². The first-order valence-corrected chi connectivity index (χ1v) is 7.21. The summed E-state index contributed by atoms with van der Waals surface area (Å²) < 4.78 is 5.25. The van der Waals surface area contributed by atoms with Gasteiger partial charge in [0.1, 0.15) is 11.3 Å². The third-order valence-corrected chi connectivity index (χ3v) is 4.82. The second kappa shape index (κ2) is 4.99. The molecule has 2 fully saturated rings.